The first-order valence-corrected chi connectivity index (χ1v) is 8.59. The lowest BCUT2D eigenvalue weighted by molar-refractivity contribution is 0.893. The standard InChI is InChI=1S/C18H11Cl2N5O2/c19-12-7-4-8-13(20)14(12)25-16(26)11-9-21-17(23-15(11)24-18(25)27)22-10-5-2-1-3-6-10/h1-9H,(H2,21,22,23,24,27). The molecule has 4 rings (SSSR count). The topological polar surface area (TPSA) is 92.7 Å². The molecule has 0 atom stereocenters. The van der Waals surface area contributed by atoms with E-state index in [1.54, 1.807) is 18.2 Å². The Hall–Kier alpha value is -3.16. The van der Waals surface area contributed by atoms with Crippen molar-refractivity contribution in [2.75, 3.05) is 5.32 Å². The molecule has 0 radical (unpaired) electrons. The third-order valence-corrected chi connectivity index (χ3v) is 4.45. The molecule has 134 valence electrons. The number of fused-ring (bicyclic) bond motifs is 1. The van der Waals surface area contributed by atoms with Crippen LogP contribution in [0.15, 0.2) is 64.3 Å². The van der Waals surface area contributed by atoms with Gasteiger partial charge in [-0.15, -0.1) is 0 Å². The predicted molar refractivity (Wildman–Crippen MR) is 106 cm³/mol. The summed E-state index contributed by atoms with van der Waals surface area (Å²) in [5.41, 5.74) is -0.324. The van der Waals surface area contributed by atoms with Gasteiger partial charge in [-0.2, -0.15) is 4.98 Å². The van der Waals surface area contributed by atoms with Crippen molar-refractivity contribution in [2.24, 2.45) is 0 Å². The van der Waals surface area contributed by atoms with Gasteiger partial charge >= 0.3 is 5.69 Å². The number of aromatic nitrogens is 4. The van der Waals surface area contributed by atoms with Crippen LogP contribution in [-0.2, 0) is 0 Å². The Morgan fingerprint density at radius 2 is 1.67 bits per heavy atom. The van der Waals surface area contributed by atoms with Gasteiger partial charge in [0.15, 0.2) is 5.65 Å². The molecule has 2 heterocycles. The van der Waals surface area contributed by atoms with Crippen molar-refractivity contribution in [3.63, 3.8) is 0 Å². The lowest BCUT2D eigenvalue weighted by Crippen LogP contribution is -2.34. The SMILES string of the molecule is O=c1[nH]c2nc(Nc3ccccc3)ncc2c(=O)n1-c1c(Cl)cccc1Cl. The average Bonchev–Trinajstić information content (AvgIpc) is 2.64. The largest absolute Gasteiger partial charge is 0.334 e. The van der Waals surface area contributed by atoms with Gasteiger partial charge in [0.25, 0.3) is 5.56 Å². The highest BCUT2D eigenvalue weighted by Gasteiger charge is 2.16. The minimum absolute atomic E-state index is 0.109. The molecule has 0 aliphatic rings. The van der Waals surface area contributed by atoms with Gasteiger partial charge in [-0.1, -0.05) is 47.5 Å². The van der Waals surface area contributed by atoms with Crippen LogP contribution >= 0.6 is 23.2 Å². The molecule has 0 aliphatic carbocycles. The first kappa shape index (κ1) is 17.3. The number of aromatic amines is 1. The van der Waals surface area contributed by atoms with Crippen LogP contribution in [-0.4, -0.2) is 19.5 Å². The Bertz CT molecular complexity index is 1250. The van der Waals surface area contributed by atoms with Crippen molar-refractivity contribution in [2.45, 2.75) is 0 Å². The lowest BCUT2D eigenvalue weighted by Gasteiger charge is -2.10. The number of rotatable bonds is 3. The van der Waals surface area contributed by atoms with E-state index in [0.717, 1.165) is 10.3 Å². The molecule has 9 heteroatoms. The maximum Gasteiger partial charge on any atom is 0.334 e. The minimum Gasteiger partial charge on any atom is -0.324 e. The van der Waals surface area contributed by atoms with Gasteiger partial charge in [-0.3, -0.25) is 9.78 Å². The van der Waals surface area contributed by atoms with Crippen molar-refractivity contribution >= 4 is 45.9 Å². The molecule has 0 bridgehead atoms. The van der Waals surface area contributed by atoms with E-state index in [4.69, 9.17) is 23.2 Å². The number of para-hydroxylation sites is 2. The summed E-state index contributed by atoms with van der Waals surface area (Å²) in [6, 6.07) is 14.0. The molecule has 0 aliphatic heterocycles. The summed E-state index contributed by atoms with van der Waals surface area (Å²) in [5.74, 6) is 0.247. The van der Waals surface area contributed by atoms with Crippen LogP contribution in [0.4, 0.5) is 11.6 Å². The zero-order valence-corrected chi connectivity index (χ0v) is 15.1. The van der Waals surface area contributed by atoms with Gasteiger partial charge in [0, 0.05) is 11.9 Å². The Morgan fingerprint density at radius 1 is 0.963 bits per heavy atom. The van der Waals surface area contributed by atoms with Crippen LogP contribution in [0.2, 0.25) is 10.0 Å². The summed E-state index contributed by atoms with van der Waals surface area (Å²) in [6.45, 7) is 0. The molecule has 4 aromatic rings. The maximum atomic E-state index is 12.8. The highest BCUT2D eigenvalue weighted by molar-refractivity contribution is 6.37. The fourth-order valence-electron chi connectivity index (χ4n) is 2.62. The number of anilines is 2. The Kier molecular flexibility index (Phi) is 4.39. The number of nitrogens with one attached hydrogen (secondary N) is 2. The number of H-pyrrole nitrogens is 1. The second kappa shape index (κ2) is 6.86. The summed E-state index contributed by atoms with van der Waals surface area (Å²) in [4.78, 5) is 36.3. The molecule has 2 aromatic heterocycles. The fraction of sp³-hybridized carbons (Fsp3) is 0. The highest BCUT2D eigenvalue weighted by atomic mass is 35.5. The number of hydrogen-bond acceptors (Lipinski definition) is 5. The summed E-state index contributed by atoms with van der Waals surface area (Å²) >= 11 is 12.3. The molecule has 0 amide bonds. The molecule has 27 heavy (non-hydrogen) atoms. The lowest BCUT2D eigenvalue weighted by atomic mass is 10.3. The van der Waals surface area contributed by atoms with Gasteiger partial charge in [0.1, 0.15) is 5.39 Å². The third kappa shape index (κ3) is 3.18. The van der Waals surface area contributed by atoms with E-state index in [-0.39, 0.29) is 32.7 Å². The van der Waals surface area contributed by atoms with E-state index < -0.39 is 11.2 Å². The van der Waals surface area contributed by atoms with Crippen molar-refractivity contribution < 1.29 is 0 Å². The van der Waals surface area contributed by atoms with Crippen molar-refractivity contribution in [1.29, 1.82) is 0 Å². The summed E-state index contributed by atoms with van der Waals surface area (Å²) in [7, 11) is 0. The zero-order chi connectivity index (χ0) is 19.0. The van der Waals surface area contributed by atoms with Gasteiger partial charge in [0.2, 0.25) is 5.95 Å². The van der Waals surface area contributed by atoms with E-state index in [0.29, 0.717) is 0 Å². The fourth-order valence-corrected chi connectivity index (χ4v) is 3.19. The number of benzene rings is 2. The Labute approximate surface area is 162 Å². The zero-order valence-electron chi connectivity index (χ0n) is 13.6. The van der Waals surface area contributed by atoms with E-state index in [1.165, 1.54) is 6.20 Å². The molecule has 0 unspecified atom stereocenters. The molecule has 0 saturated heterocycles. The predicted octanol–water partition coefficient (Wildman–Crippen LogP) is 3.52. The second-order valence-corrected chi connectivity index (χ2v) is 6.40. The first-order valence-electron chi connectivity index (χ1n) is 7.83. The molecule has 2 aromatic carbocycles. The van der Waals surface area contributed by atoms with E-state index >= 15 is 0 Å². The number of nitrogens with zero attached hydrogens (tertiary/aromatic N) is 3. The van der Waals surface area contributed by atoms with Crippen molar-refractivity contribution in [3.8, 4) is 5.69 Å². The van der Waals surface area contributed by atoms with Crippen LogP contribution in [0.5, 0.6) is 0 Å². The van der Waals surface area contributed by atoms with Crippen LogP contribution in [0.1, 0.15) is 0 Å². The number of halogens is 2. The molecule has 0 saturated carbocycles. The van der Waals surface area contributed by atoms with Crippen molar-refractivity contribution in [3.05, 3.63) is 85.6 Å². The maximum absolute atomic E-state index is 12.8. The smallest absolute Gasteiger partial charge is 0.324 e. The third-order valence-electron chi connectivity index (χ3n) is 3.84. The molecule has 0 fully saturated rings. The minimum atomic E-state index is -0.702. The van der Waals surface area contributed by atoms with Crippen LogP contribution in [0, 0.1) is 0 Å². The Morgan fingerprint density at radius 3 is 2.37 bits per heavy atom. The normalized spacial score (nSPS) is 10.9. The summed E-state index contributed by atoms with van der Waals surface area (Å²) in [6.07, 6.45) is 1.34. The van der Waals surface area contributed by atoms with Gasteiger partial charge in [-0.05, 0) is 24.3 Å². The monoisotopic (exact) mass is 399 g/mol. The molecule has 0 spiro atoms. The van der Waals surface area contributed by atoms with Gasteiger partial charge in [0.05, 0.1) is 15.7 Å². The van der Waals surface area contributed by atoms with Crippen LogP contribution in [0.25, 0.3) is 16.7 Å². The van der Waals surface area contributed by atoms with Crippen LogP contribution in [0.3, 0.4) is 0 Å². The summed E-state index contributed by atoms with van der Waals surface area (Å²) in [5, 5.41) is 3.49. The van der Waals surface area contributed by atoms with Crippen LogP contribution < -0.4 is 16.6 Å². The van der Waals surface area contributed by atoms with Gasteiger partial charge in [-0.25, -0.2) is 14.3 Å². The summed E-state index contributed by atoms with van der Waals surface area (Å²) < 4.78 is 0.876. The van der Waals surface area contributed by atoms with E-state index in [9.17, 15) is 9.59 Å². The Balaban J connectivity index is 1.87. The molecule has 2 N–H and O–H groups in total. The molecular weight excluding hydrogens is 389 g/mol. The quantitative estimate of drug-likeness (QED) is 0.549. The van der Waals surface area contributed by atoms with Crippen molar-refractivity contribution in [1.82, 2.24) is 19.5 Å². The molecule has 7 nitrogen and oxygen atoms in total. The highest BCUT2D eigenvalue weighted by Crippen LogP contribution is 2.26. The first-order chi connectivity index (χ1) is 13.0. The van der Waals surface area contributed by atoms with E-state index in [1.807, 2.05) is 30.3 Å². The van der Waals surface area contributed by atoms with Gasteiger partial charge < -0.3 is 5.32 Å². The number of hydrogen-bond donors (Lipinski definition) is 2. The second-order valence-electron chi connectivity index (χ2n) is 5.59. The average molecular weight is 400 g/mol. The molecular formula is C18H11Cl2N5O2. The van der Waals surface area contributed by atoms with E-state index in [2.05, 4.69) is 20.3 Å².